The number of hydrogen-bond donors (Lipinski definition) is 4. The molecule has 0 spiro atoms. The van der Waals surface area contributed by atoms with Crippen LogP contribution in [0.25, 0.3) is 0 Å². The molecule has 0 unspecified atom stereocenters. The molecule has 0 aliphatic carbocycles. The molecule has 1 rings (SSSR count). The molecule has 0 aliphatic rings. The Morgan fingerprint density at radius 1 is 0.565 bits per heavy atom. The predicted octanol–water partition coefficient (Wildman–Crippen LogP) is 10.2. The monoisotopic (exact) mass is 997 g/mol. The normalized spacial score (nSPS) is 12.5. The van der Waals surface area contributed by atoms with Crippen LogP contribution in [0, 0.1) is 5.41 Å². The fourth-order valence-electron chi connectivity index (χ4n) is 5.22. The molecule has 0 saturated heterocycles. The number of nitrogens with zero attached hydrogens (tertiary/aromatic N) is 4. The van der Waals surface area contributed by atoms with Crippen molar-refractivity contribution in [2.45, 2.75) is 197 Å². The smallest absolute Gasteiger partial charge is 0.437 e. The number of guanidine groups is 2. The van der Waals surface area contributed by atoms with Crippen LogP contribution in [0.2, 0.25) is 0 Å². The fraction of sp³-hybridized carbons (Fsp3) is 0.723. The van der Waals surface area contributed by atoms with Crippen LogP contribution in [0.5, 0.6) is 0 Å². The number of unbranched alkanes of at least 4 members (excludes halogenated alkanes) is 4. The maximum atomic E-state index is 14.1. The molecule has 0 atom stereocenters. The van der Waals surface area contributed by atoms with E-state index in [0.717, 1.165) is 9.80 Å². The number of alkyl carbamates (subject to hydrolysis) is 3. The minimum absolute atomic E-state index is 0.0418. The van der Waals surface area contributed by atoms with Crippen molar-refractivity contribution < 1.29 is 61.9 Å². The molecule has 69 heavy (non-hydrogen) atoms. The zero-order chi connectivity index (χ0) is 53.2. The molecule has 0 bridgehead atoms. The van der Waals surface area contributed by atoms with Crippen molar-refractivity contribution in [1.29, 1.82) is 5.41 Å². The van der Waals surface area contributed by atoms with E-state index in [-0.39, 0.29) is 44.6 Å². The number of carbonyl (C=O) groups is 6. The highest BCUT2D eigenvalue weighted by Gasteiger charge is 2.36. The second-order valence-corrected chi connectivity index (χ2v) is 22.8. The largest absolute Gasteiger partial charge is 0.444 e. The first-order valence-corrected chi connectivity index (χ1v) is 23.8. The Kier molecular flexibility index (Phi) is 23.6. The van der Waals surface area contributed by atoms with Crippen molar-refractivity contribution in [3.8, 4) is 0 Å². The molecule has 1 aromatic rings. The van der Waals surface area contributed by atoms with E-state index in [0.29, 0.717) is 42.5 Å². The zero-order valence-electron chi connectivity index (χ0n) is 44.2. The summed E-state index contributed by atoms with van der Waals surface area (Å²) in [7, 11) is 0. The van der Waals surface area contributed by atoms with Crippen LogP contribution in [0.1, 0.15) is 167 Å². The lowest BCUT2D eigenvalue weighted by atomic mass is 10.1. The molecule has 21 nitrogen and oxygen atoms in total. The van der Waals surface area contributed by atoms with E-state index >= 15 is 0 Å². The van der Waals surface area contributed by atoms with E-state index in [4.69, 9.17) is 38.6 Å². The maximum Gasteiger partial charge on any atom is 0.437 e. The van der Waals surface area contributed by atoms with E-state index in [2.05, 4.69) is 25.9 Å². The van der Waals surface area contributed by atoms with Crippen LogP contribution in [0.3, 0.4) is 0 Å². The number of aliphatic imine (C=N–C) groups is 2. The van der Waals surface area contributed by atoms with Gasteiger partial charge in [0.05, 0.1) is 19.8 Å². The second-order valence-electron chi connectivity index (χ2n) is 21.8. The minimum atomic E-state index is -1.07. The molecule has 22 heteroatoms. The Morgan fingerprint density at radius 3 is 1.45 bits per heavy atom. The first-order valence-electron chi connectivity index (χ1n) is 22.9. The van der Waals surface area contributed by atoms with Crippen molar-refractivity contribution in [2.75, 3.05) is 26.2 Å². The van der Waals surface area contributed by atoms with Crippen molar-refractivity contribution in [2.24, 2.45) is 9.98 Å². The highest BCUT2D eigenvalue weighted by molar-refractivity contribution is 7.10. The van der Waals surface area contributed by atoms with Gasteiger partial charge in [-0.25, -0.2) is 38.6 Å². The average Bonchev–Trinajstić information content (AvgIpc) is 3.58. The van der Waals surface area contributed by atoms with E-state index in [9.17, 15) is 28.8 Å². The summed E-state index contributed by atoms with van der Waals surface area (Å²) in [4.78, 5) is 90.2. The van der Waals surface area contributed by atoms with E-state index in [1.54, 1.807) is 136 Å². The molecule has 0 saturated carbocycles. The predicted molar refractivity (Wildman–Crippen MR) is 264 cm³/mol. The third-order valence-corrected chi connectivity index (χ3v) is 8.53. The number of ether oxygens (including phenoxy) is 7. The van der Waals surface area contributed by atoms with Crippen molar-refractivity contribution in [1.82, 2.24) is 25.8 Å². The second kappa shape index (κ2) is 26.5. The first kappa shape index (κ1) is 61.5. The number of carbonyl (C=O) groups excluding carboxylic acids is 6. The molecule has 4 N–H and O–H groups in total. The van der Waals surface area contributed by atoms with Gasteiger partial charge >= 0.3 is 36.6 Å². The summed E-state index contributed by atoms with van der Waals surface area (Å²) >= 11 is 1.29. The maximum absolute atomic E-state index is 14.1. The first-order chi connectivity index (χ1) is 31.3. The van der Waals surface area contributed by atoms with Crippen molar-refractivity contribution >= 4 is 65.7 Å². The molecule has 1 aromatic heterocycles. The van der Waals surface area contributed by atoms with Gasteiger partial charge in [0, 0.05) is 28.9 Å². The number of nitrogens with one attached hydrogen (secondary N) is 4. The lowest BCUT2D eigenvalue weighted by Crippen LogP contribution is -2.53. The van der Waals surface area contributed by atoms with Crippen LogP contribution in [-0.4, -0.2) is 124 Å². The van der Waals surface area contributed by atoms with Gasteiger partial charge in [-0.2, -0.15) is 0 Å². The molecule has 392 valence electrons. The third-order valence-electron chi connectivity index (χ3n) is 7.62. The Balaban J connectivity index is 3.38. The lowest BCUT2D eigenvalue weighted by molar-refractivity contribution is 0.0223. The highest BCUT2D eigenvalue weighted by Crippen LogP contribution is 2.20. The van der Waals surface area contributed by atoms with Crippen LogP contribution < -0.4 is 16.0 Å². The van der Waals surface area contributed by atoms with Crippen molar-refractivity contribution in [3.05, 3.63) is 21.9 Å². The van der Waals surface area contributed by atoms with Gasteiger partial charge in [-0.05, 0) is 144 Å². The molecule has 0 fully saturated rings. The van der Waals surface area contributed by atoms with Gasteiger partial charge in [0.2, 0.25) is 11.9 Å². The molecule has 0 aromatic carbocycles. The molecular formula is C47H80N8O13S. The van der Waals surface area contributed by atoms with Crippen LogP contribution in [-0.2, 0) is 39.8 Å². The number of amides is 6. The van der Waals surface area contributed by atoms with Gasteiger partial charge in [-0.3, -0.25) is 26.4 Å². The SMILES string of the molecule is CC(C)(C)OC(=O)N=C(N(CCCCCCCN=C(NC(=O)OC(C)(C)C)NC(=O)OC(C)(C)C)C(=O)OC(C)(C)C)N(CCOCc1cc(C(=N)NC(=O)OC(C)(C)C)cs1)C(=O)OC(C)(C)C. The van der Waals surface area contributed by atoms with Gasteiger partial charge in [-0.1, -0.05) is 19.3 Å². The number of rotatable bonds is 14. The summed E-state index contributed by atoms with van der Waals surface area (Å²) < 4.78 is 38.9. The van der Waals surface area contributed by atoms with Crippen LogP contribution >= 0.6 is 11.3 Å². The standard InChI is InChI=1S/C47H80N8O13S/c1-42(2,3)63-36(56)50-33(48)31-28-32(69-30-31)29-62-27-26-55(41(61)68-47(16,17)18)35(53-39(59)66-45(10,11)12)54(40(60)67-46(13,14)15)25-23-21-19-20-22-24-49-34(51-37(57)64-43(4,5)6)52-38(58)65-44(7,8)9/h28,30H,19-27,29H2,1-18H3,(H2,48,50,56)(H2,49,51,52,57,58). The highest BCUT2D eigenvalue weighted by atomic mass is 32.1. The quantitative estimate of drug-likeness (QED) is 0.0586. The summed E-state index contributed by atoms with van der Waals surface area (Å²) in [6.45, 7) is 30.2. The van der Waals surface area contributed by atoms with Gasteiger partial charge in [0.1, 0.15) is 39.4 Å². The Labute approximate surface area is 412 Å². The summed E-state index contributed by atoms with van der Waals surface area (Å²) in [6.07, 6.45) is -2.42. The van der Waals surface area contributed by atoms with Crippen molar-refractivity contribution in [3.63, 3.8) is 0 Å². The summed E-state index contributed by atoms with van der Waals surface area (Å²) in [5.74, 6) is -0.682. The number of thiophene rings is 1. The summed E-state index contributed by atoms with van der Waals surface area (Å²) in [5.41, 5.74) is -4.86. The van der Waals surface area contributed by atoms with Gasteiger partial charge in [0.25, 0.3) is 0 Å². The van der Waals surface area contributed by atoms with E-state index in [1.165, 1.54) is 11.3 Å². The van der Waals surface area contributed by atoms with Gasteiger partial charge < -0.3 is 33.2 Å². The average molecular weight is 997 g/mol. The Hall–Kier alpha value is -5.51. The van der Waals surface area contributed by atoms with E-state index in [1.807, 2.05) is 0 Å². The lowest BCUT2D eigenvalue weighted by Gasteiger charge is -2.34. The Bertz CT molecular complexity index is 1930. The summed E-state index contributed by atoms with van der Waals surface area (Å²) in [5, 5.41) is 17.3. The zero-order valence-corrected chi connectivity index (χ0v) is 45.0. The molecular weight excluding hydrogens is 917 g/mol. The number of hydrogen-bond acceptors (Lipinski definition) is 16. The molecule has 6 amide bonds. The van der Waals surface area contributed by atoms with E-state index < -0.39 is 76.1 Å². The third kappa shape index (κ3) is 29.9. The molecule has 0 aliphatic heterocycles. The Morgan fingerprint density at radius 2 is 0.986 bits per heavy atom. The van der Waals surface area contributed by atoms with Crippen LogP contribution in [0.15, 0.2) is 21.4 Å². The van der Waals surface area contributed by atoms with Gasteiger partial charge in [0.15, 0.2) is 0 Å². The summed E-state index contributed by atoms with van der Waals surface area (Å²) in [6, 6.07) is 1.67. The topological polar surface area (TPSA) is 258 Å². The van der Waals surface area contributed by atoms with Gasteiger partial charge in [-0.15, -0.1) is 16.3 Å². The fourth-order valence-corrected chi connectivity index (χ4v) is 6.03. The minimum Gasteiger partial charge on any atom is -0.444 e. The molecule has 0 radical (unpaired) electrons. The molecule has 1 heterocycles. The number of amidine groups is 1. The van der Waals surface area contributed by atoms with Crippen LogP contribution in [0.4, 0.5) is 28.8 Å².